The molecule has 2 heterocycles. The minimum absolute atomic E-state index is 0.0305. The lowest BCUT2D eigenvalue weighted by molar-refractivity contribution is 0.0705. The Bertz CT molecular complexity index is 427. The summed E-state index contributed by atoms with van der Waals surface area (Å²) in [6, 6.07) is 3.90. The SMILES string of the molecule is N#CC1CCN(C(=O)c2ccoc2Br)CC1. The van der Waals surface area contributed by atoms with E-state index in [0.717, 1.165) is 12.8 Å². The van der Waals surface area contributed by atoms with Gasteiger partial charge in [0.25, 0.3) is 5.91 Å². The molecular weight excluding hydrogens is 272 g/mol. The monoisotopic (exact) mass is 282 g/mol. The van der Waals surface area contributed by atoms with E-state index in [1.165, 1.54) is 6.26 Å². The molecule has 84 valence electrons. The molecular formula is C11H11BrN2O2. The number of piperidine rings is 1. The molecule has 0 spiro atoms. The number of rotatable bonds is 1. The van der Waals surface area contributed by atoms with E-state index in [4.69, 9.17) is 9.68 Å². The van der Waals surface area contributed by atoms with Gasteiger partial charge in [0, 0.05) is 19.0 Å². The molecule has 0 unspecified atom stereocenters. The molecule has 1 fully saturated rings. The predicted molar refractivity (Wildman–Crippen MR) is 60.6 cm³/mol. The number of hydrogen-bond acceptors (Lipinski definition) is 3. The van der Waals surface area contributed by atoms with Gasteiger partial charge in [-0.1, -0.05) is 0 Å². The van der Waals surface area contributed by atoms with E-state index in [9.17, 15) is 4.79 Å². The number of carbonyl (C=O) groups excluding carboxylic acids is 1. The Morgan fingerprint density at radius 3 is 2.75 bits per heavy atom. The Labute approximate surface area is 102 Å². The highest BCUT2D eigenvalue weighted by Gasteiger charge is 2.25. The van der Waals surface area contributed by atoms with E-state index >= 15 is 0 Å². The topological polar surface area (TPSA) is 57.2 Å². The van der Waals surface area contributed by atoms with Crippen LogP contribution >= 0.6 is 15.9 Å². The van der Waals surface area contributed by atoms with Gasteiger partial charge in [0.05, 0.1) is 17.9 Å². The number of hydrogen-bond donors (Lipinski definition) is 0. The van der Waals surface area contributed by atoms with Crippen molar-refractivity contribution in [3.05, 3.63) is 22.6 Å². The summed E-state index contributed by atoms with van der Waals surface area (Å²) in [5, 5.41) is 8.77. The van der Waals surface area contributed by atoms with Gasteiger partial charge in [-0.05, 0) is 34.8 Å². The minimum Gasteiger partial charge on any atom is -0.457 e. The second-order valence-corrected chi connectivity index (χ2v) is 4.52. The van der Waals surface area contributed by atoms with Crippen molar-refractivity contribution in [3.8, 4) is 6.07 Å². The van der Waals surface area contributed by atoms with E-state index in [1.807, 2.05) is 0 Å². The van der Waals surface area contributed by atoms with Crippen molar-refractivity contribution >= 4 is 21.8 Å². The third-order valence-corrected chi connectivity index (χ3v) is 3.43. The summed E-state index contributed by atoms with van der Waals surface area (Å²) in [7, 11) is 0. The molecule has 1 saturated heterocycles. The summed E-state index contributed by atoms with van der Waals surface area (Å²) in [4.78, 5) is 13.8. The van der Waals surface area contributed by atoms with Crippen LogP contribution in [0.5, 0.6) is 0 Å². The van der Waals surface area contributed by atoms with Gasteiger partial charge in [-0.3, -0.25) is 4.79 Å². The normalized spacial score (nSPS) is 17.1. The van der Waals surface area contributed by atoms with Crippen LogP contribution in [-0.2, 0) is 0 Å². The first-order valence-electron chi connectivity index (χ1n) is 5.14. The first-order chi connectivity index (χ1) is 7.72. The fraction of sp³-hybridized carbons (Fsp3) is 0.455. The van der Waals surface area contributed by atoms with Gasteiger partial charge in [-0.2, -0.15) is 5.26 Å². The maximum absolute atomic E-state index is 12.0. The highest BCUT2D eigenvalue weighted by molar-refractivity contribution is 9.10. The van der Waals surface area contributed by atoms with E-state index < -0.39 is 0 Å². The molecule has 5 heteroatoms. The first kappa shape index (κ1) is 11.2. The molecule has 1 amide bonds. The predicted octanol–water partition coefficient (Wildman–Crippen LogP) is 2.42. The van der Waals surface area contributed by atoms with Crippen molar-refractivity contribution in [2.45, 2.75) is 12.8 Å². The van der Waals surface area contributed by atoms with Crippen molar-refractivity contribution in [2.24, 2.45) is 5.92 Å². The Balaban J connectivity index is 2.03. The molecule has 0 bridgehead atoms. The van der Waals surface area contributed by atoms with Gasteiger partial charge in [0.2, 0.25) is 0 Å². The zero-order valence-electron chi connectivity index (χ0n) is 8.65. The summed E-state index contributed by atoms with van der Waals surface area (Å²) in [6.45, 7) is 1.30. The van der Waals surface area contributed by atoms with Gasteiger partial charge >= 0.3 is 0 Å². The summed E-state index contributed by atoms with van der Waals surface area (Å²) in [5.74, 6) is 0.0638. The maximum Gasteiger partial charge on any atom is 0.258 e. The van der Waals surface area contributed by atoms with E-state index in [0.29, 0.717) is 23.3 Å². The van der Waals surface area contributed by atoms with Crippen molar-refractivity contribution in [2.75, 3.05) is 13.1 Å². The van der Waals surface area contributed by atoms with E-state index in [1.54, 1.807) is 11.0 Å². The fourth-order valence-corrected chi connectivity index (χ4v) is 2.24. The average Bonchev–Trinajstić information content (AvgIpc) is 2.75. The number of amides is 1. The van der Waals surface area contributed by atoms with Crippen LogP contribution in [0.25, 0.3) is 0 Å². The summed E-state index contributed by atoms with van der Waals surface area (Å²) >= 11 is 3.19. The number of halogens is 1. The Morgan fingerprint density at radius 2 is 2.25 bits per heavy atom. The maximum atomic E-state index is 12.0. The van der Waals surface area contributed by atoms with Crippen LogP contribution in [0, 0.1) is 17.2 Å². The standard InChI is InChI=1S/C11H11BrN2O2/c12-10-9(3-6-16-10)11(15)14-4-1-8(7-13)2-5-14/h3,6,8H,1-2,4-5H2. The highest BCUT2D eigenvalue weighted by Crippen LogP contribution is 2.22. The molecule has 0 radical (unpaired) electrons. The summed E-state index contributed by atoms with van der Waals surface area (Å²) in [6.07, 6.45) is 3.01. The van der Waals surface area contributed by atoms with Crippen LogP contribution in [0.4, 0.5) is 0 Å². The van der Waals surface area contributed by atoms with Crippen molar-refractivity contribution in [3.63, 3.8) is 0 Å². The average molecular weight is 283 g/mol. The lowest BCUT2D eigenvalue weighted by Gasteiger charge is -2.28. The molecule has 0 aromatic carbocycles. The van der Waals surface area contributed by atoms with Gasteiger partial charge in [-0.25, -0.2) is 0 Å². The van der Waals surface area contributed by atoms with E-state index in [-0.39, 0.29) is 11.8 Å². The van der Waals surface area contributed by atoms with Crippen molar-refractivity contribution < 1.29 is 9.21 Å². The Morgan fingerprint density at radius 1 is 1.56 bits per heavy atom. The zero-order chi connectivity index (χ0) is 11.5. The van der Waals surface area contributed by atoms with Crippen LogP contribution in [0.2, 0.25) is 0 Å². The molecule has 4 nitrogen and oxygen atoms in total. The molecule has 0 saturated carbocycles. The van der Waals surface area contributed by atoms with Gasteiger partial charge in [0.1, 0.15) is 0 Å². The van der Waals surface area contributed by atoms with E-state index in [2.05, 4.69) is 22.0 Å². The van der Waals surface area contributed by atoms with Gasteiger partial charge in [-0.15, -0.1) is 0 Å². The highest BCUT2D eigenvalue weighted by atomic mass is 79.9. The molecule has 2 rings (SSSR count). The molecule has 1 aliphatic heterocycles. The van der Waals surface area contributed by atoms with Crippen LogP contribution in [0.1, 0.15) is 23.2 Å². The van der Waals surface area contributed by atoms with Crippen LogP contribution in [-0.4, -0.2) is 23.9 Å². The molecule has 16 heavy (non-hydrogen) atoms. The molecule has 1 aliphatic rings. The third kappa shape index (κ3) is 2.12. The number of likely N-dealkylation sites (tertiary alicyclic amines) is 1. The smallest absolute Gasteiger partial charge is 0.258 e. The zero-order valence-corrected chi connectivity index (χ0v) is 10.2. The molecule has 1 aromatic heterocycles. The van der Waals surface area contributed by atoms with Crippen molar-refractivity contribution in [1.82, 2.24) is 4.90 Å². The second kappa shape index (κ2) is 4.71. The summed E-state index contributed by atoms with van der Waals surface area (Å²) in [5.41, 5.74) is 0.551. The summed E-state index contributed by atoms with van der Waals surface area (Å²) < 4.78 is 5.51. The largest absolute Gasteiger partial charge is 0.457 e. The van der Waals surface area contributed by atoms with Crippen LogP contribution in [0.15, 0.2) is 21.4 Å². The first-order valence-corrected chi connectivity index (χ1v) is 5.93. The molecule has 0 aliphatic carbocycles. The molecule has 1 aromatic rings. The lowest BCUT2D eigenvalue weighted by Crippen LogP contribution is -2.38. The van der Waals surface area contributed by atoms with Crippen molar-refractivity contribution in [1.29, 1.82) is 5.26 Å². The number of carbonyl (C=O) groups is 1. The molecule has 0 atom stereocenters. The van der Waals surface area contributed by atoms with Gasteiger partial charge < -0.3 is 9.32 Å². The fourth-order valence-electron chi connectivity index (χ4n) is 1.83. The Kier molecular flexibility index (Phi) is 3.30. The number of nitriles is 1. The number of furan rings is 1. The second-order valence-electron chi connectivity index (χ2n) is 3.80. The number of nitrogens with zero attached hydrogens (tertiary/aromatic N) is 2. The Hall–Kier alpha value is -1.28. The quantitative estimate of drug-likeness (QED) is 0.795. The van der Waals surface area contributed by atoms with Gasteiger partial charge in [0.15, 0.2) is 4.67 Å². The third-order valence-electron chi connectivity index (χ3n) is 2.81. The van der Waals surface area contributed by atoms with Crippen LogP contribution < -0.4 is 0 Å². The van der Waals surface area contributed by atoms with Crippen LogP contribution in [0.3, 0.4) is 0 Å². The minimum atomic E-state index is -0.0305. The molecule has 0 N–H and O–H groups in total. The lowest BCUT2D eigenvalue weighted by atomic mass is 9.98.